The van der Waals surface area contributed by atoms with E-state index in [1.807, 2.05) is 28.4 Å². The van der Waals surface area contributed by atoms with E-state index >= 15 is 0 Å². The predicted octanol–water partition coefficient (Wildman–Crippen LogP) is 3.16. The molecule has 0 atom stereocenters. The fourth-order valence-electron chi connectivity index (χ4n) is 2.45. The molecule has 1 amide bonds. The molecule has 2 aromatic heterocycles. The second kappa shape index (κ2) is 6.75. The molecular weight excluding hydrogens is 294 g/mol. The molecule has 0 aliphatic heterocycles. The number of aryl methyl sites for hydroxylation is 2. The largest absolute Gasteiger partial charge is 0.356 e. The Labute approximate surface area is 133 Å². The summed E-state index contributed by atoms with van der Waals surface area (Å²) in [5, 5.41) is 10.5. The zero-order chi connectivity index (χ0) is 15.4. The average molecular weight is 313 g/mol. The summed E-state index contributed by atoms with van der Waals surface area (Å²) in [6, 6.07) is 10.3. The lowest BCUT2D eigenvalue weighted by Gasteiger charge is -2.06. The first kappa shape index (κ1) is 14.8. The molecule has 0 radical (unpaired) electrons. The first-order valence-corrected chi connectivity index (χ1v) is 8.31. The van der Waals surface area contributed by atoms with E-state index in [0.717, 1.165) is 28.7 Å². The van der Waals surface area contributed by atoms with Crippen molar-refractivity contribution in [3.05, 3.63) is 52.3 Å². The highest BCUT2D eigenvalue weighted by molar-refractivity contribution is 7.10. The fraction of sp³-hybridized carbons (Fsp3) is 0.294. The maximum atomic E-state index is 11.8. The van der Waals surface area contributed by atoms with Gasteiger partial charge in [-0.25, -0.2) is 0 Å². The van der Waals surface area contributed by atoms with Gasteiger partial charge < -0.3 is 5.32 Å². The Bertz CT molecular complexity index is 761. The Morgan fingerprint density at radius 2 is 2.27 bits per heavy atom. The van der Waals surface area contributed by atoms with Crippen molar-refractivity contribution in [1.82, 2.24) is 15.1 Å². The van der Waals surface area contributed by atoms with Gasteiger partial charge in [0.25, 0.3) is 0 Å². The summed E-state index contributed by atoms with van der Waals surface area (Å²) in [7, 11) is 0. The third kappa shape index (κ3) is 3.54. The van der Waals surface area contributed by atoms with Gasteiger partial charge in [-0.2, -0.15) is 5.10 Å². The molecule has 0 aliphatic rings. The Hall–Kier alpha value is -2.14. The van der Waals surface area contributed by atoms with Crippen molar-refractivity contribution in [2.24, 2.45) is 0 Å². The van der Waals surface area contributed by atoms with Crippen LogP contribution >= 0.6 is 11.3 Å². The quantitative estimate of drug-likeness (QED) is 0.711. The molecule has 0 saturated carbocycles. The number of nitrogens with one attached hydrogen (secondary N) is 1. The Balaban J connectivity index is 1.48. The van der Waals surface area contributed by atoms with Crippen LogP contribution in [-0.4, -0.2) is 22.2 Å². The number of carbonyl (C=O) groups excluding carboxylic acids is 1. The fourth-order valence-corrected chi connectivity index (χ4v) is 3.15. The Kier molecular flexibility index (Phi) is 4.53. The van der Waals surface area contributed by atoms with Crippen LogP contribution < -0.4 is 5.32 Å². The van der Waals surface area contributed by atoms with Crippen molar-refractivity contribution < 1.29 is 4.79 Å². The number of hydrogen-bond acceptors (Lipinski definition) is 3. The van der Waals surface area contributed by atoms with Gasteiger partial charge in [0.15, 0.2) is 0 Å². The van der Waals surface area contributed by atoms with Gasteiger partial charge in [0.2, 0.25) is 5.91 Å². The van der Waals surface area contributed by atoms with Crippen molar-refractivity contribution in [3.63, 3.8) is 0 Å². The number of carbonyl (C=O) groups is 1. The van der Waals surface area contributed by atoms with Gasteiger partial charge in [0, 0.05) is 23.4 Å². The van der Waals surface area contributed by atoms with Gasteiger partial charge in [-0.3, -0.25) is 9.48 Å². The molecule has 0 aliphatic carbocycles. The highest BCUT2D eigenvalue weighted by Gasteiger charge is 2.05. The highest BCUT2D eigenvalue weighted by atomic mass is 32.1. The molecule has 2 heterocycles. The van der Waals surface area contributed by atoms with Gasteiger partial charge in [0.1, 0.15) is 0 Å². The van der Waals surface area contributed by atoms with Crippen LogP contribution in [0.25, 0.3) is 10.9 Å². The lowest BCUT2D eigenvalue weighted by atomic mass is 10.2. The molecule has 1 N–H and O–H groups in total. The summed E-state index contributed by atoms with van der Waals surface area (Å²) in [5.74, 6) is 0.0867. The van der Waals surface area contributed by atoms with Gasteiger partial charge in [-0.05, 0) is 36.4 Å². The van der Waals surface area contributed by atoms with Crippen LogP contribution in [0.1, 0.15) is 16.9 Å². The minimum atomic E-state index is 0.0867. The Morgan fingerprint density at radius 1 is 1.36 bits per heavy atom. The summed E-state index contributed by atoms with van der Waals surface area (Å²) >= 11 is 1.62. The van der Waals surface area contributed by atoms with E-state index in [9.17, 15) is 4.79 Å². The summed E-state index contributed by atoms with van der Waals surface area (Å²) < 4.78 is 2.01. The molecule has 5 heteroatoms. The summed E-state index contributed by atoms with van der Waals surface area (Å²) in [6.07, 6.45) is 3.24. The molecule has 22 heavy (non-hydrogen) atoms. The number of benzene rings is 1. The molecule has 3 aromatic rings. The summed E-state index contributed by atoms with van der Waals surface area (Å²) in [5.41, 5.74) is 2.39. The molecule has 114 valence electrons. The molecule has 0 fully saturated rings. The predicted molar refractivity (Wildman–Crippen MR) is 90.1 cm³/mol. The van der Waals surface area contributed by atoms with E-state index in [4.69, 9.17) is 0 Å². The van der Waals surface area contributed by atoms with E-state index in [1.165, 1.54) is 5.56 Å². The zero-order valence-corrected chi connectivity index (χ0v) is 13.4. The smallest absolute Gasteiger partial charge is 0.225 e. The highest BCUT2D eigenvalue weighted by Crippen LogP contribution is 2.15. The van der Waals surface area contributed by atoms with E-state index < -0.39 is 0 Å². The third-order valence-corrected chi connectivity index (χ3v) is 4.46. The van der Waals surface area contributed by atoms with Crippen LogP contribution in [0.4, 0.5) is 0 Å². The number of amides is 1. The van der Waals surface area contributed by atoms with Crippen molar-refractivity contribution in [2.75, 3.05) is 6.54 Å². The maximum absolute atomic E-state index is 11.8. The maximum Gasteiger partial charge on any atom is 0.225 e. The molecule has 0 bridgehead atoms. The van der Waals surface area contributed by atoms with Crippen molar-refractivity contribution in [3.8, 4) is 0 Å². The Morgan fingerprint density at radius 3 is 3.09 bits per heavy atom. The zero-order valence-electron chi connectivity index (χ0n) is 12.6. The molecule has 4 nitrogen and oxygen atoms in total. The number of thiophene rings is 1. The number of hydrogen-bond donors (Lipinski definition) is 1. The molecular formula is C17H19N3OS. The van der Waals surface area contributed by atoms with Crippen molar-refractivity contribution >= 4 is 28.1 Å². The van der Waals surface area contributed by atoms with Crippen molar-refractivity contribution in [1.29, 1.82) is 0 Å². The third-order valence-electron chi connectivity index (χ3n) is 3.58. The van der Waals surface area contributed by atoms with E-state index in [2.05, 4.69) is 35.5 Å². The number of fused-ring (bicyclic) bond motifs is 1. The first-order valence-electron chi connectivity index (χ1n) is 7.43. The lowest BCUT2D eigenvalue weighted by Crippen LogP contribution is -2.26. The monoisotopic (exact) mass is 313 g/mol. The van der Waals surface area contributed by atoms with Gasteiger partial charge >= 0.3 is 0 Å². The topological polar surface area (TPSA) is 46.9 Å². The number of rotatable bonds is 6. The second-order valence-corrected chi connectivity index (χ2v) is 6.42. The molecule has 0 saturated heterocycles. The van der Waals surface area contributed by atoms with Crippen LogP contribution in [0, 0.1) is 6.92 Å². The lowest BCUT2D eigenvalue weighted by molar-refractivity contribution is -0.120. The van der Waals surface area contributed by atoms with E-state index in [1.54, 1.807) is 11.3 Å². The average Bonchev–Trinajstić information content (AvgIpc) is 3.13. The van der Waals surface area contributed by atoms with Crippen LogP contribution in [0.15, 0.2) is 41.9 Å². The van der Waals surface area contributed by atoms with Crippen LogP contribution in [0.5, 0.6) is 0 Å². The van der Waals surface area contributed by atoms with Gasteiger partial charge in [-0.1, -0.05) is 18.2 Å². The standard InChI is InChI=1S/C17H19N3OS/c1-13-5-6-14-12-19-20(16(14)10-13)8-3-7-18-17(21)11-15-4-2-9-22-15/h2,4-6,9-10,12H,3,7-8,11H2,1H3,(H,18,21). The van der Waals surface area contributed by atoms with E-state index in [-0.39, 0.29) is 5.91 Å². The molecule has 1 aromatic carbocycles. The molecule has 3 rings (SSSR count). The molecule has 0 spiro atoms. The SMILES string of the molecule is Cc1ccc2cnn(CCCNC(=O)Cc3cccs3)c2c1. The normalized spacial score (nSPS) is 11.0. The molecule has 0 unspecified atom stereocenters. The first-order chi connectivity index (χ1) is 10.7. The van der Waals surface area contributed by atoms with Crippen LogP contribution in [0.3, 0.4) is 0 Å². The minimum absolute atomic E-state index is 0.0867. The van der Waals surface area contributed by atoms with Crippen LogP contribution in [0.2, 0.25) is 0 Å². The van der Waals surface area contributed by atoms with Crippen molar-refractivity contribution in [2.45, 2.75) is 26.3 Å². The second-order valence-electron chi connectivity index (χ2n) is 5.39. The summed E-state index contributed by atoms with van der Waals surface area (Å²) in [4.78, 5) is 12.9. The van der Waals surface area contributed by atoms with Gasteiger partial charge in [-0.15, -0.1) is 11.3 Å². The minimum Gasteiger partial charge on any atom is -0.356 e. The van der Waals surface area contributed by atoms with Crippen LogP contribution in [-0.2, 0) is 17.8 Å². The van der Waals surface area contributed by atoms with E-state index in [0.29, 0.717) is 13.0 Å². The summed E-state index contributed by atoms with van der Waals surface area (Å²) in [6.45, 7) is 3.57. The van der Waals surface area contributed by atoms with Gasteiger partial charge in [0.05, 0.1) is 18.1 Å². The number of aromatic nitrogens is 2. The number of nitrogens with zero attached hydrogens (tertiary/aromatic N) is 2.